The van der Waals surface area contributed by atoms with Crippen LogP contribution in [0, 0.1) is 5.92 Å². The molecule has 0 spiro atoms. The second kappa shape index (κ2) is 4.29. The van der Waals surface area contributed by atoms with E-state index in [0.717, 1.165) is 12.8 Å². The molecule has 0 radical (unpaired) electrons. The Balaban J connectivity index is 1.86. The van der Waals surface area contributed by atoms with Crippen molar-refractivity contribution in [1.82, 2.24) is 5.32 Å². The standard InChI is InChI=1S/C12H19NO4/c1-12(2,7-3-4-7)13-10(14)8-5-6-9(17-8)11(15)16/h7-9H,3-6H2,1-2H3,(H,13,14)(H,15,16)/t8-,9+/m0/s1. The predicted molar refractivity (Wildman–Crippen MR) is 60.5 cm³/mol. The monoisotopic (exact) mass is 241 g/mol. The van der Waals surface area contributed by atoms with Crippen molar-refractivity contribution in [2.45, 2.75) is 57.3 Å². The molecule has 2 rings (SSSR count). The van der Waals surface area contributed by atoms with Gasteiger partial charge in [-0.15, -0.1) is 0 Å². The van der Waals surface area contributed by atoms with Crippen LogP contribution in [0.15, 0.2) is 0 Å². The van der Waals surface area contributed by atoms with Crippen LogP contribution in [0.3, 0.4) is 0 Å². The number of aliphatic carboxylic acids is 1. The zero-order chi connectivity index (χ0) is 12.6. The Bertz CT molecular complexity index is 335. The highest BCUT2D eigenvalue weighted by molar-refractivity contribution is 5.83. The van der Waals surface area contributed by atoms with Crippen molar-refractivity contribution in [3.8, 4) is 0 Å². The van der Waals surface area contributed by atoms with E-state index in [4.69, 9.17) is 9.84 Å². The number of rotatable bonds is 4. The van der Waals surface area contributed by atoms with Gasteiger partial charge >= 0.3 is 5.97 Å². The molecule has 0 aromatic heterocycles. The summed E-state index contributed by atoms with van der Waals surface area (Å²) in [6, 6.07) is 0. The van der Waals surface area contributed by atoms with Crippen LogP contribution in [0.25, 0.3) is 0 Å². The Hall–Kier alpha value is -1.10. The van der Waals surface area contributed by atoms with Gasteiger partial charge in [-0.25, -0.2) is 4.79 Å². The summed E-state index contributed by atoms with van der Waals surface area (Å²) in [7, 11) is 0. The minimum Gasteiger partial charge on any atom is -0.479 e. The van der Waals surface area contributed by atoms with Crippen LogP contribution in [-0.4, -0.2) is 34.7 Å². The first-order valence-corrected chi connectivity index (χ1v) is 6.10. The summed E-state index contributed by atoms with van der Waals surface area (Å²) in [5, 5.41) is 11.7. The molecular formula is C12H19NO4. The van der Waals surface area contributed by atoms with Crippen LogP contribution in [-0.2, 0) is 14.3 Å². The molecule has 1 amide bonds. The van der Waals surface area contributed by atoms with Gasteiger partial charge in [0, 0.05) is 5.54 Å². The van der Waals surface area contributed by atoms with Gasteiger partial charge in [0.15, 0.2) is 6.10 Å². The van der Waals surface area contributed by atoms with E-state index in [2.05, 4.69) is 5.32 Å². The molecule has 2 fully saturated rings. The average Bonchev–Trinajstić information content (AvgIpc) is 2.95. The second-order valence-electron chi connectivity index (χ2n) is 5.51. The fourth-order valence-electron chi connectivity index (χ4n) is 2.32. The number of hydrogen-bond donors (Lipinski definition) is 2. The number of amides is 1. The number of hydrogen-bond acceptors (Lipinski definition) is 3. The molecule has 2 N–H and O–H groups in total. The van der Waals surface area contributed by atoms with E-state index in [1.165, 1.54) is 0 Å². The zero-order valence-electron chi connectivity index (χ0n) is 10.2. The molecule has 1 aliphatic carbocycles. The molecule has 2 atom stereocenters. The first kappa shape index (κ1) is 12.4. The number of carboxylic acids is 1. The normalized spacial score (nSPS) is 29.1. The number of carbonyl (C=O) groups is 2. The first-order chi connectivity index (χ1) is 7.90. The molecule has 5 nitrogen and oxygen atoms in total. The van der Waals surface area contributed by atoms with Crippen LogP contribution in [0.4, 0.5) is 0 Å². The lowest BCUT2D eigenvalue weighted by atomic mass is 9.98. The van der Waals surface area contributed by atoms with Crippen molar-refractivity contribution in [3.05, 3.63) is 0 Å². The third-order valence-corrected chi connectivity index (χ3v) is 3.63. The van der Waals surface area contributed by atoms with Gasteiger partial charge in [-0.2, -0.15) is 0 Å². The Kier molecular flexibility index (Phi) is 3.12. The Morgan fingerprint density at radius 3 is 2.24 bits per heavy atom. The Morgan fingerprint density at radius 2 is 1.76 bits per heavy atom. The second-order valence-corrected chi connectivity index (χ2v) is 5.51. The lowest BCUT2D eigenvalue weighted by Gasteiger charge is -2.27. The minimum absolute atomic E-state index is 0.175. The van der Waals surface area contributed by atoms with Gasteiger partial charge in [-0.1, -0.05) is 0 Å². The third kappa shape index (κ3) is 2.77. The van der Waals surface area contributed by atoms with Crippen LogP contribution >= 0.6 is 0 Å². The van der Waals surface area contributed by atoms with Crippen molar-refractivity contribution >= 4 is 11.9 Å². The van der Waals surface area contributed by atoms with E-state index in [1.807, 2.05) is 13.8 Å². The van der Waals surface area contributed by atoms with Crippen LogP contribution < -0.4 is 5.32 Å². The maximum Gasteiger partial charge on any atom is 0.332 e. The van der Waals surface area contributed by atoms with Crippen molar-refractivity contribution < 1.29 is 19.4 Å². The maximum absolute atomic E-state index is 11.9. The fourth-order valence-corrected chi connectivity index (χ4v) is 2.32. The van der Waals surface area contributed by atoms with Gasteiger partial charge < -0.3 is 15.2 Å². The topological polar surface area (TPSA) is 75.6 Å². The molecule has 17 heavy (non-hydrogen) atoms. The maximum atomic E-state index is 11.9. The molecule has 1 saturated carbocycles. The molecule has 1 heterocycles. The smallest absolute Gasteiger partial charge is 0.332 e. The van der Waals surface area contributed by atoms with Crippen molar-refractivity contribution in [2.24, 2.45) is 5.92 Å². The van der Waals surface area contributed by atoms with E-state index >= 15 is 0 Å². The summed E-state index contributed by atoms with van der Waals surface area (Å²) < 4.78 is 5.22. The molecule has 1 aliphatic heterocycles. The van der Waals surface area contributed by atoms with E-state index in [9.17, 15) is 9.59 Å². The van der Waals surface area contributed by atoms with Crippen molar-refractivity contribution in [3.63, 3.8) is 0 Å². The number of nitrogens with one attached hydrogen (secondary N) is 1. The zero-order valence-corrected chi connectivity index (χ0v) is 10.2. The van der Waals surface area contributed by atoms with Gasteiger partial charge in [-0.3, -0.25) is 4.79 Å². The number of carbonyl (C=O) groups excluding carboxylic acids is 1. The minimum atomic E-state index is -0.984. The third-order valence-electron chi connectivity index (χ3n) is 3.63. The average molecular weight is 241 g/mol. The highest BCUT2D eigenvalue weighted by Gasteiger charge is 2.41. The highest BCUT2D eigenvalue weighted by atomic mass is 16.5. The van der Waals surface area contributed by atoms with Gasteiger partial charge in [0.1, 0.15) is 6.10 Å². The van der Waals surface area contributed by atoms with Crippen LogP contribution in [0.2, 0.25) is 0 Å². The molecule has 5 heteroatoms. The summed E-state index contributed by atoms with van der Waals surface area (Å²) in [6.45, 7) is 4.01. The summed E-state index contributed by atoms with van der Waals surface area (Å²) in [4.78, 5) is 22.6. The summed E-state index contributed by atoms with van der Waals surface area (Å²) in [5.41, 5.74) is -0.207. The molecule has 0 aromatic carbocycles. The Labute approximate surface area is 101 Å². The molecule has 0 aromatic rings. The predicted octanol–water partition coefficient (Wildman–Crippen LogP) is 0.923. The molecule has 0 bridgehead atoms. The number of ether oxygens (including phenoxy) is 1. The molecule has 1 saturated heterocycles. The SMILES string of the molecule is CC(C)(NC(=O)[C@@H]1CC[C@H](C(=O)O)O1)C1CC1. The summed E-state index contributed by atoms with van der Waals surface area (Å²) >= 11 is 0. The van der Waals surface area contributed by atoms with Crippen LogP contribution in [0.5, 0.6) is 0 Å². The lowest BCUT2D eigenvalue weighted by molar-refractivity contribution is -0.152. The highest BCUT2D eigenvalue weighted by Crippen LogP contribution is 2.39. The van der Waals surface area contributed by atoms with Crippen molar-refractivity contribution in [1.29, 1.82) is 0 Å². The van der Waals surface area contributed by atoms with E-state index in [-0.39, 0.29) is 11.4 Å². The summed E-state index contributed by atoms with van der Waals surface area (Å²) in [5.74, 6) is -0.615. The largest absolute Gasteiger partial charge is 0.479 e. The van der Waals surface area contributed by atoms with E-state index in [1.54, 1.807) is 0 Å². The molecular weight excluding hydrogens is 222 g/mol. The number of carboxylic acid groups (broad SMARTS) is 1. The van der Waals surface area contributed by atoms with Gasteiger partial charge in [0.2, 0.25) is 5.91 Å². The Morgan fingerprint density at radius 1 is 1.18 bits per heavy atom. The molecule has 0 unspecified atom stereocenters. The van der Waals surface area contributed by atoms with Gasteiger partial charge in [0.05, 0.1) is 0 Å². The molecule has 2 aliphatic rings. The van der Waals surface area contributed by atoms with Crippen molar-refractivity contribution in [2.75, 3.05) is 0 Å². The first-order valence-electron chi connectivity index (χ1n) is 6.10. The quantitative estimate of drug-likeness (QED) is 0.767. The van der Waals surface area contributed by atoms with Gasteiger partial charge in [0.25, 0.3) is 0 Å². The van der Waals surface area contributed by atoms with Gasteiger partial charge in [-0.05, 0) is 45.4 Å². The van der Waals surface area contributed by atoms with Crippen LogP contribution in [0.1, 0.15) is 39.5 Å². The van der Waals surface area contributed by atoms with E-state index < -0.39 is 18.2 Å². The summed E-state index contributed by atoms with van der Waals surface area (Å²) in [6.07, 6.45) is 1.78. The fraction of sp³-hybridized carbons (Fsp3) is 0.833. The van der Waals surface area contributed by atoms with E-state index in [0.29, 0.717) is 18.8 Å². The molecule has 96 valence electrons. The lowest BCUT2D eigenvalue weighted by Crippen LogP contribution is -2.49.